The topological polar surface area (TPSA) is 77.2 Å². The zero-order valence-electron chi connectivity index (χ0n) is 10.8. The number of carbonyl (C=O) groups is 1. The van der Waals surface area contributed by atoms with E-state index in [9.17, 15) is 4.79 Å². The van der Waals surface area contributed by atoms with Gasteiger partial charge in [0, 0.05) is 24.5 Å². The van der Waals surface area contributed by atoms with Crippen LogP contribution < -0.4 is 11.1 Å². The second-order valence-corrected chi connectivity index (χ2v) is 5.24. The number of carbonyl (C=O) groups excluding carboxylic acids is 1. The molecule has 0 radical (unpaired) electrons. The fraction of sp³-hybridized carbons (Fsp3) is 0.538. The van der Waals surface area contributed by atoms with Gasteiger partial charge in [-0.3, -0.25) is 9.78 Å². The van der Waals surface area contributed by atoms with Crippen LogP contribution in [0.5, 0.6) is 0 Å². The van der Waals surface area contributed by atoms with Crippen molar-refractivity contribution in [2.75, 3.05) is 11.9 Å². The first kappa shape index (κ1) is 12.8. The molecule has 1 aromatic heterocycles. The summed E-state index contributed by atoms with van der Waals surface area (Å²) >= 11 is 0. The van der Waals surface area contributed by atoms with Crippen LogP contribution in [-0.2, 0) is 4.74 Å². The van der Waals surface area contributed by atoms with Crippen LogP contribution in [0.3, 0.4) is 0 Å². The molecular formula is C13H19N3O2. The molecule has 1 amide bonds. The largest absolute Gasteiger partial charge is 0.382 e. The van der Waals surface area contributed by atoms with Crippen LogP contribution in [0.2, 0.25) is 0 Å². The van der Waals surface area contributed by atoms with Gasteiger partial charge < -0.3 is 15.8 Å². The summed E-state index contributed by atoms with van der Waals surface area (Å²) in [4.78, 5) is 15.0. The number of pyridine rings is 1. The monoisotopic (exact) mass is 249 g/mol. The van der Waals surface area contributed by atoms with Crippen molar-refractivity contribution < 1.29 is 9.53 Å². The number of ether oxygens (including phenoxy) is 1. The van der Waals surface area contributed by atoms with Gasteiger partial charge in [0.05, 0.1) is 5.60 Å². The molecule has 0 saturated carbocycles. The summed E-state index contributed by atoms with van der Waals surface area (Å²) < 4.78 is 5.67. The SMILES string of the molecule is CC1(C)CC(Nc2ccnc(C(N)=O)c2)CCO1. The molecule has 1 fully saturated rings. The van der Waals surface area contributed by atoms with Crippen LogP contribution in [0.4, 0.5) is 5.69 Å². The van der Waals surface area contributed by atoms with Gasteiger partial charge in [0.1, 0.15) is 5.69 Å². The number of primary amides is 1. The van der Waals surface area contributed by atoms with Crippen molar-refractivity contribution in [3.63, 3.8) is 0 Å². The number of amides is 1. The third-order valence-corrected chi connectivity index (χ3v) is 3.08. The highest BCUT2D eigenvalue weighted by molar-refractivity contribution is 5.91. The van der Waals surface area contributed by atoms with Gasteiger partial charge in [0.15, 0.2) is 0 Å². The zero-order chi connectivity index (χ0) is 13.2. The Kier molecular flexibility index (Phi) is 3.52. The van der Waals surface area contributed by atoms with E-state index in [1.807, 2.05) is 6.07 Å². The summed E-state index contributed by atoms with van der Waals surface area (Å²) in [7, 11) is 0. The van der Waals surface area contributed by atoms with Gasteiger partial charge in [-0.15, -0.1) is 0 Å². The first-order chi connectivity index (χ1) is 8.46. The summed E-state index contributed by atoms with van der Waals surface area (Å²) in [6.45, 7) is 4.92. The third-order valence-electron chi connectivity index (χ3n) is 3.08. The summed E-state index contributed by atoms with van der Waals surface area (Å²) in [6, 6.07) is 3.87. The molecule has 1 saturated heterocycles. The lowest BCUT2D eigenvalue weighted by Gasteiger charge is -2.36. The van der Waals surface area contributed by atoms with Gasteiger partial charge in [-0.2, -0.15) is 0 Å². The van der Waals surface area contributed by atoms with E-state index in [1.54, 1.807) is 12.3 Å². The molecule has 18 heavy (non-hydrogen) atoms. The predicted molar refractivity (Wildman–Crippen MR) is 69.4 cm³/mol. The third kappa shape index (κ3) is 3.20. The minimum Gasteiger partial charge on any atom is -0.382 e. The van der Waals surface area contributed by atoms with E-state index in [1.165, 1.54) is 0 Å². The summed E-state index contributed by atoms with van der Waals surface area (Å²) in [6.07, 6.45) is 3.48. The maximum atomic E-state index is 11.1. The number of nitrogens with zero attached hydrogens (tertiary/aromatic N) is 1. The quantitative estimate of drug-likeness (QED) is 0.852. The number of rotatable bonds is 3. The molecule has 0 aromatic carbocycles. The predicted octanol–water partition coefficient (Wildman–Crippen LogP) is 1.55. The number of hydrogen-bond donors (Lipinski definition) is 2. The van der Waals surface area contributed by atoms with Crippen molar-refractivity contribution in [3.05, 3.63) is 24.0 Å². The maximum Gasteiger partial charge on any atom is 0.267 e. The van der Waals surface area contributed by atoms with Gasteiger partial charge in [-0.25, -0.2) is 0 Å². The van der Waals surface area contributed by atoms with Crippen molar-refractivity contribution in [2.45, 2.75) is 38.3 Å². The Morgan fingerprint density at radius 3 is 3.06 bits per heavy atom. The second kappa shape index (κ2) is 4.94. The highest BCUT2D eigenvalue weighted by Gasteiger charge is 2.28. The number of hydrogen-bond acceptors (Lipinski definition) is 4. The lowest BCUT2D eigenvalue weighted by atomic mass is 9.94. The molecular weight excluding hydrogens is 230 g/mol. The van der Waals surface area contributed by atoms with Crippen molar-refractivity contribution in [1.29, 1.82) is 0 Å². The molecule has 0 bridgehead atoms. The van der Waals surface area contributed by atoms with Gasteiger partial charge in [0.2, 0.25) is 0 Å². The van der Waals surface area contributed by atoms with E-state index in [0.29, 0.717) is 6.04 Å². The van der Waals surface area contributed by atoms with Crippen molar-refractivity contribution in [2.24, 2.45) is 5.73 Å². The van der Waals surface area contributed by atoms with E-state index in [-0.39, 0.29) is 11.3 Å². The Labute approximate surface area is 107 Å². The molecule has 5 heteroatoms. The van der Waals surface area contributed by atoms with Crippen molar-refractivity contribution in [3.8, 4) is 0 Å². The van der Waals surface area contributed by atoms with Crippen LogP contribution >= 0.6 is 0 Å². The standard InChI is InChI=1S/C13H19N3O2/c1-13(2)8-10(4-6-18-13)16-9-3-5-15-11(7-9)12(14)17/h3,5,7,10H,4,6,8H2,1-2H3,(H2,14,17)(H,15,16). The smallest absolute Gasteiger partial charge is 0.267 e. The van der Waals surface area contributed by atoms with Gasteiger partial charge in [0.25, 0.3) is 5.91 Å². The van der Waals surface area contributed by atoms with Crippen molar-refractivity contribution in [1.82, 2.24) is 4.98 Å². The number of nitrogens with one attached hydrogen (secondary N) is 1. The first-order valence-corrected chi connectivity index (χ1v) is 6.13. The van der Waals surface area contributed by atoms with Crippen LogP contribution in [0.1, 0.15) is 37.2 Å². The minimum atomic E-state index is -0.508. The molecule has 1 atom stereocenters. The van der Waals surface area contributed by atoms with Crippen LogP contribution in [-0.4, -0.2) is 29.1 Å². The average molecular weight is 249 g/mol. The number of aromatic nitrogens is 1. The molecule has 1 unspecified atom stereocenters. The minimum absolute atomic E-state index is 0.102. The molecule has 0 aliphatic carbocycles. The van der Waals surface area contributed by atoms with E-state index in [4.69, 9.17) is 10.5 Å². The van der Waals surface area contributed by atoms with Crippen LogP contribution in [0.15, 0.2) is 18.3 Å². The van der Waals surface area contributed by atoms with Crippen LogP contribution in [0.25, 0.3) is 0 Å². The summed E-state index contributed by atoms with van der Waals surface area (Å²) in [5.74, 6) is -0.508. The second-order valence-electron chi connectivity index (χ2n) is 5.24. The van der Waals surface area contributed by atoms with Gasteiger partial charge >= 0.3 is 0 Å². The van der Waals surface area contributed by atoms with E-state index >= 15 is 0 Å². The molecule has 1 aliphatic rings. The summed E-state index contributed by atoms with van der Waals surface area (Å²) in [5.41, 5.74) is 6.27. The van der Waals surface area contributed by atoms with Gasteiger partial charge in [-0.1, -0.05) is 0 Å². The molecule has 1 aromatic rings. The van der Waals surface area contributed by atoms with E-state index < -0.39 is 5.91 Å². The lowest BCUT2D eigenvalue weighted by molar-refractivity contribution is -0.0553. The Hall–Kier alpha value is -1.62. The molecule has 2 heterocycles. The normalized spacial score (nSPS) is 22.4. The lowest BCUT2D eigenvalue weighted by Crippen LogP contribution is -2.40. The summed E-state index contributed by atoms with van der Waals surface area (Å²) in [5, 5.41) is 3.40. The molecule has 1 aliphatic heterocycles. The fourth-order valence-corrected chi connectivity index (χ4v) is 2.25. The number of nitrogens with two attached hydrogens (primary N) is 1. The highest BCUT2D eigenvalue weighted by Crippen LogP contribution is 2.26. The Morgan fingerprint density at radius 1 is 1.61 bits per heavy atom. The van der Waals surface area contributed by atoms with E-state index in [2.05, 4.69) is 24.1 Å². The maximum absolute atomic E-state index is 11.1. The fourth-order valence-electron chi connectivity index (χ4n) is 2.25. The van der Waals surface area contributed by atoms with Crippen molar-refractivity contribution >= 4 is 11.6 Å². The van der Waals surface area contributed by atoms with Gasteiger partial charge in [-0.05, 0) is 38.8 Å². The molecule has 3 N–H and O–H groups in total. The molecule has 98 valence electrons. The molecule has 2 rings (SSSR count). The first-order valence-electron chi connectivity index (χ1n) is 6.13. The Morgan fingerprint density at radius 2 is 2.39 bits per heavy atom. The zero-order valence-corrected chi connectivity index (χ0v) is 10.8. The highest BCUT2D eigenvalue weighted by atomic mass is 16.5. The molecule has 5 nitrogen and oxygen atoms in total. The average Bonchev–Trinajstić information content (AvgIpc) is 2.28. The Balaban J connectivity index is 2.05. The van der Waals surface area contributed by atoms with Crippen LogP contribution in [0, 0.1) is 0 Å². The van der Waals surface area contributed by atoms with E-state index in [0.717, 1.165) is 25.1 Å². The Bertz CT molecular complexity index is 446. The molecule has 0 spiro atoms. The number of anilines is 1.